The van der Waals surface area contributed by atoms with Gasteiger partial charge in [0, 0.05) is 30.1 Å². The van der Waals surface area contributed by atoms with E-state index in [1.165, 1.54) is 48.5 Å². The van der Waals surface area contributed by atoms with Crippen LogP contribution in [0.4, 0.5) is 18.9 Å². The number of anilines is 1. The van der Waals surface area contributed by atoms with E-state index >= 15 is 0 Å². The number of nitrogens with one attached hydrogen (secondary N) is 4. The molecule has 0 saturated carbocycles. The summed E-state index contributed by atoms with van der Waals surface area (Å²) >= 11 is 5.99. The Kier molecular flexibility index (Phi) is 8.14. The average Bonchev–Trinajstić information content (AvgIpc) is 2.86. The Morgan fingerprint density at radius 3 is 2.19 bits per heavy atom. The maximum absolute atomic E-state index is 13.6. The quantitative estimate of drug-likeness (QED) is 0.232. The van der Waals surface area contributed by atoms with Gasteiger partial charge in [-0.3, -0.25) is 10.2 Å². The maximum Gasteiger partial charge on any atom is 0.417 e. The lowest BCUT2D eigenvalue weighted by molar-refractivity contribution is -0.137. The Hall–Kier alpha value is -4.44. The molecule has 0 aliphatic heterocycles. The van der Waals surface area contributed by atoms with Crippen LogP contribution in [0.5, 0.6) is 0 Å². The number of aromatic carboxylic acids is 1. The summed E-state index contributed by atoms with van der Waals surface area (Å²) in [5, 5.41) is 30.0. The smallest absolute Gasteiger partial charge is 0.417 e. The van der Waals surface area contributed by atoms with Gasteiger partial charge in [-0.2, -0.15) is 13.2 Å². The molecule has 3 rings (SSSR count). The van der Waals surface area contributed by atoms with Crippen LogP contribution in [-0.2, 0) is 6.18 Å². The minimum Gasteiger partial charge on any atom is -0.478 e. The number of hydrogen-bond donors (Lipinski definition) is 5. The van der Waals surface area contributed by atoms with Crippen LogP contribution in [0.2, 0.25) is 5.02 Å². The lowest BCUT2D eigenvalue weighted by Gasteiger charge is -2.18. The number of carbonyl (C=O) groups is 2. The summed E-state index contributed by atoms with van der Waals surface area (Å²) in [7, 11) is 1.60. The van der Waals surface area contributed by atoms with E-state index in [9.17, 15) is 22.8 Å². The number of amides is 1. The first-order valence-electron chi connectivity index (χ1n) is 10.6. The second-order valence-corrected chi connectivity index (χ2v) is 8.04. The second kappa shape index (κ2) is 11.1. The van der Waals surface area contributed by atoms with E-state index in [0.29, 0.717) is 16.8 Å². The fourth-order valence-electron chi connectivity index (χ4n) is 3.55. The Bertz CT molecular complexity index is 1420. The fraction of sp³-hybridized carbons (Fsp3) is 0.0769. The third kappa shape index (κ3) is 6.04. The molecule has 1 amide bonds. The van der Waals surface area contributed by atoms with Crippen LogP contribution in [0, 0.1) is 10.8 Å². The van der Waals surface area contributed by atoms with Gasteiger partial charge in [0.15, 0.2) is 0 Å². The Morgan fingerprint density at radius 1 is 1.00 bits per heavy atom. The molecule has 0 fully saturated rings. The highest BCUT2D eigenvalue weighted by Gasteiger charge is 2.36. The fourth-order valence-corrected chi connectivity index (χ4v) is 3.81. The van der Waals surface area contributed by atoms with E-state index in [-0.39, 0.29) is 22.5 Å². The van der Waals surface area contributed by atoms with Gasteiger partial charge in [0.1, 0.15) is 0 Å². The van der Waals surface area contributed by atoms with Gasteiger partial charge in [-0.15, -0.1) is 0 Å². The molecule has 0 atom stereocenters. The summed E-state index contributed by atoms with van der Waals surface area (Å²) in [6.07, 6.45) is -2.37. The zero-order chi connectivity index (χ0) is 27.3. The van der Waals surface area contributed by atoms with Crippen LogP contribution in [-0.4, -0.2) is 36.0 Å². The molecule has 0 unspecified atom stereocenters. The molecule has 0 spiro atoms. The standard InChI is InChI=1S/C26H20ClF3N4O3/c1-33-20(11-12-31)16-9-10-17(23(32)14-5-7-15(8-6-14)25(36)37)21(13-16)34-24(35)22-18(26(28,29)30)3-2-4-19(22)27/h2-13,31-33H,1H3,(H,34,35)(H,36,37)/b20-11-,31-12?,32-23?. The number of carbonyl (C=O) groups excluding carboxylic acids is 1. The number of carboxylic acids is 1. The molecule has 190 valence electrons. The van der Waals surface area contributed by atoms with E-state index in [1.54, 1.807) is 13.1 Å². The van der Waals surface area contributed by atoms with Crippen molar-refractivity contribution in [2.24, 2.45) is 0 Å². The molecule has 0 saturated heterocycles. The van der Waals surface area contributed by atoms with Gasteiger partial charge in [0.2, 0.25) is 0 Å². The van der Waals surface area contributed by atoms with Gasteiger partial charge in [-0.05, 0) is 42.0 Å². The van der Waals surface area contributed by atoms with Crippen molar-refractivity contribution in [2.45, 2.75) is 6.18 Å². The van der Waals surface area contributed by atoms with E-state index in [2.05, 4.69) is 10.6 Å². The molecule has 3 aromatic rings. The number of rotatable bonds is 8. The molecule has 0 aliphatic carbocycles. The molecule has 0 bridgehead atoms. The highest BCUT2D eigenvalue weighted by molar-refractivity contribution is 6.34. The number of benzene rings is 3. The molecule has 5 N–H and O–H groups in total. The van der Waals surface area contributed by atoms with Gasteiger partial charge in [-0.1, -0.05) is 41.9 Å². The van der Waals surface area contributed by atoms with Crippen molar-refractivity contribution >= 4 is 46.8 Å². The first kappa shape index (κ1) is 27.2. The molecule has 0 radical (unpaired) electrons. The summed E-state index contributed by atoms with van der Waals surface area (Å²) in [4.78, 5) is 24.3. The van der Waals surface area contributed by atoms with Crippen molar-refractivity contribution < 1.29 is 27.9 Å². The lowest BCUT2D eigenvalue weighted by atomic mass is 9.97. The number of halogens is 4. The van der Waals surface area contributed by atoms with Crippen LogP contribution in [0.3, 0.4) is 0 Å². The van der Waals surface area contributed by atoms with Crippen LogP contribution in [0.15, 0.2) is 66.7 Å². The number of carboxylic acid groups (broad SMARTS) is 1. The number of allylic oxidation sites excluding steroid dienone is 1. The summed E-state index contributed by atoms with van der Waals surface area (Å²) in [5.74, 6) is -2.28. The monoisotopic (exact) mass is 528 g/mol. The highest BCUT2D eigenvalue weighted by Crippen LogP contribution is 2.36. The summed E-state index contributed by atoms with van der Waals surface area (Å²) in [5.41, 5.74) is -0.656. The third-order valence-electron chi connectivity index (χ3n) is 5.33. The molecule has 3 aromatic carbocycles. The van der Waals surface area contributed by atoms with Crippen LogP contribution in [0.1, 0.15) is 43.0 Å². The first-order valence-corrected chi connectivity index (χ1v) is 11.0. The van der Waals surface area contributed by atoms with Crippen molar-refractivity contribution in [3.8, 4) is 0 Å². The minimum atomic E-state index is -4.84. The maximum atomic E-state index is 13.6. The average molecular weight is 529 g/mol. The van der Waals surface area contributed by atoms with Crippen molar-refractivity contribution in [3.05, 3.63) is 105 Å². The summed E-state index contributed by atoms with van der Waals surface area (Å²) in [6, 6.07) is 13.0. The molecule has 7 nitrogen and oxygen atoms in total. The second-order valence-electron chi connectivity index (χ2n) is 7.63. The van der Waals surface area contributed by atoms with Crippen LogP contribution < -0.4 is 10.6 Å². The van der Waals surface area contributed by atoms with Gasteiger partial charge < -0.3 is 21.1 Å². The Balaban J connectivity index is 2.13. The van der Waals surface area contributed by atoms with Crippen molar-refractivity contribution in [1.82, 2.24) is 5.32 Å². The van der Waals surface area contributed by atoms with E-state index in [1.807, 2.05) is 0 Å². The molecular weight excluding hydrogens is 509 g/mol. The predicted molar refractivity (Wildman–Crippen MR) is 136 cm³/mol. The molecular formula is C26H20ClF3N4O3. The van der Waals surface area contributed by atoms with Gasteiger partial charge >= 0.3 is 12.1 Å². The minimum absolute atomic E-state index is 0.00832. The zero-order valence-corrected chi connectivity index (χ0v) is 20.0. The summed E-state index contributed by atoms with van der Waals surface area (Å²) < 4.78 is 40.8. The lowest BCUT2D eigenvalue weighted by Crippen LogP contribution is -2.21. The zero-order valence-electron chi connectivity index (χ0n) is 19.2. The van der Waals surface area contributed by atoms with E-state index < -0.39 is 34.2 Å². The summed E-state index contributed by atoms with van der Waals surface area (Å²) in [6.45, 7) is 0. The Morgan fingerprint density at radius 2 is 1.62 bits per heavy atom. The molecule has 37 heavy (non-hydrogen) atoms. The topological polar surface area (TPSA) is 126 Å². The highest BCUT2D eigenvalue weighted by atomic mass is 35.5. The van der Waals surface area contributed by atoms with Gasteiger partial charge in [0.25, 0.3) is 5.91 Å². The molecule has 0 heterocycles. The van der Waals surface area contributed by atoms with E-state index in [4.69, 9.17) is 27.5 Å². The van der Waals surface area contributed by atoms with Gasteiger partial charge in [0.05, 0.1) is 33.1 Å². The molecule has 0 aliphatic rings. The van der Waals surface area contributed by atoms with Crippen molar-refractivity contribution in [1.29, 1.82) is 10.8 Å². The normalized spacial score (nSPS) is 11.5. The Labute approximate surface area is 214 Å². The molecule has 0 aromatic heterocycles. The number of hydrogen-bond acceptors (Lipinski definition) is 5. The van der Waals surface area contributed by atoms with Crippen LogP contribution >= 0.6 is 11.6 Å². The SMILES string of the molecule is CN/C(=C\C=N)c1ccc(C(=N)c2ccc(C(=O)O)cc2)c(NC(=O)c2c(Cl)cccc2C(F)(F)F)c1. The molecule has 11 heteroatoms. The van der Waals surface area contributed by atoms with Gasteiger partial charge in [-0.25, -0.2) is 4.79 Å². The van der Waals surface area contributed by atoms with E-state index in [0.717, 1.165) is 18.3 Å². The predicted octanol–water partition coefficient (Wildman–Crippen LogP) is 5.94. The first-order chi connectivity index (χ1) is 17.5. The largest absolute Gasteiger partial charge is 0.478 e. The number of alkyl halides is 3. The van der Waals surface area contributed by atoms with Crippen LogP contribution in [0.25, 0.3) is 5.70 Å². The third-order valence-corrected chi connectivity index (χ3v) is 5.65. The van der Waals surface area contributed by atoms with Crippen molar-refractivity contribution in [3.63, 3.8) is 0 Å². The van der Waals surface area contributed by atoms with Crippen molar-refractivity contribution in [2.75, 3.05) is 12.4 Å².